The fraction of sp³-hybridized carbons (Fsp3) is 0.941. The van der Waals surface area contributed by atoms with Gasteiger partial charge in [-0.1, -0.05) is 84.5 Å². The number of carboxylic acid groups (broad SMARTS) is 1. The maximum absolute atomic E-state index is 10.2. The number of carbonyl (C=O) groups excluding carboxylic acids is 1. The van der Waals surface area contributed by atoms with Crippen molar-refractivity contribution in [3.8, 4) is 0 Å². The second kappa shape index (κ2) is 18.2. The van der Waals surface area contributed by atoms with E-state index >= 15 is 0 Å². The number of rotatable bonds is 14. The van der Waals surface area contributed by atoms with E-state index in [2.05, 4.69) is 13.8 Å². The van der Waals surface area contributed by atoms with Gasteiger partial charge in [-0.3, -0.25) is 0 Å². The molecule has 0 saturated carbocycles. The summed E-state index contributed by atoms with van der Waals surface area (Å²) in [5, 5.41) is 10.2. The molecule has 2 nitrogen and oxygen atoms in total. The van der Waals surface area contributed by atoms with Crippen molar-refractivity contribution in [2.45, 2.75) is 97.3 Å². The average Bonchev–Trinajstić information content (AvgIpc) is 2.37. The number of hydrogen-bond donors (Lipinski definition) is 0. The van der Waals surface area contributed by atoms with Gasteiger partial charge in [-0.05, 0) is 18.8 Å². The van der Waals surface area contributed by atoms with Crippen molar-refractivity contribution in [2.75, 3.05) is 0 Å². The van der Waals surface area contributed by atoms with Crippen molar-refractivity contribution in [2.24, 2.45) is 5.92 Å². The van der Waals surface area contributed by atoms with Gasteiger partial charge in [0.15, 0.2) is 0 Å². The van der Waals surface area contributed by atoms with Crippen LogP contribution < -0.4 is 56.5 Å². The zero-order valence-electron chi connectivity index (χ0n) is 14.1. The molecule has 0 aliphatic rings. The van der Waals surface area contributed by atoms with Gasteiger partial charge < -0.3 is 9.90 Å². The minimum atomic E-state index is -0.906. The molecule has 0 aromatic heterocycles. The minimum Gasteiger partial charge on any atom is -0.550 e. The summed E-state index contributed by atoms with van der Waals surface area (Å²) in [7, 11) is 0. The molecule has 0 aliphatic carbocycles. The number of hydrogen-bond acceptors (Lipinski definition) is 2. The van der Waals surface area contributed by atoms with E-state index in [4.69, 9.17) is 0 Å². The van der Waals surface area contributed by atoms with Crippen molar-refractivity contribution < 1.29 is 61.3 Å². The quantitative estimate of drug-likeness (QED) is 0.360. The van der Waals surface area contributed by atoms with Crippen molar-refractivity contribution in [1.82, 2.24) is 0 Å². The fourth-order valence-electron chi connectivity index (χ4n) is 2.53. The first kappa shape index (κ1) is 23.4. The molecule has 0 saturated heterocycles. The molecule has 0 fully saturated rings. The van der Waals surface area contributed by atoms with Crippen LogP contribution in [0.5, 0.6) is 0 Å². The van der Waals surface area contributed by atoms with E-state index in [9.17, 15) is 9.90 Å². The average molecular weight is 309 g/mol. The Morgan fingerprint density at radius 1 is 0.850 bits per heavy atom. The van der Waals surface area contributed by atoms with E-state index in [1.807, 2.05) is 0 Å². The molecular weight excluding hydrogens is 275 g/mol. The van der Waals surface area contributed by atoms with Crippen molar-refractivity contribution in [1.29, 1.82) is 0 Å². The van der Waals surface area contributed by atoms with Gasteiger partial charge in [0, 0.05) is 5.97 Å². The van der Waals surface area contributed by atoms with Crippen LogP contribution in [0.4, 0.5) is 0 Å². The van der Waals surface area contributed by atoms with E-state index in [1.54, 1.807) is 0 Å². The van der Waals surface area contributed by atoms with Crippen LogP contribution in [0.15, 0.2) is 0 Å². The molecule has 0 aromatic carbocycles. The molecule has 0 aromatic rings. The van der Waals surface area contributed by atoms with Gasteiger partial charge in [0.05, 0.1) is 0 Å². The van der Waals surface area contributed by atoms with Crippen LogP contribution in [0.1, 0.15) is 97.3 Å². The van der Waals surface area contributed by atoms with Gasteiger partial charge in [0.25, 0.3) is 0 Å². The first-order chi connectivity index (χ1) is 9.16. The number of unbranched alkanes of at least 4 members (excludes halogenated alkanes) is 8. The largest absolute Gasteiger partial charge is 1.00 e. The van der Waals surface area contributed by atoms with Crippen LogP contribution in [-0.2, 0) is 4.79 Å². The van der Waals surface area contributed by atoms with Crippen molar-refractivity contribution in [3.05, 3.63) is 0 Å². The number of aliphatic carboxylic acids is 1. The topological polar surface area (TPSA) is 40.1 Å². The molecule has 0 N–H and O–H groups in total. The third-order valence-corrected chi connectivity index (χ3v) is 3.88. The van der Waals surface area contributed by atoms with E-state index in [-0.39, 0.29) is 57.8 Å². The standard InChI is InChI=1S/C17H34O2.K/c1-3-4-5-10-13-16(2)14-11-8-6-7-9-12-15-17(18)19;/h16H,3-15H2,1-2H3,(H,18,19);/q;+1/p-1. The molecule has 0 aliphatic heterocycles. The van der Waals surface area contributed by atoms with E-state index < -0.39 is 5.97 Å². The summed E-state index contributed by atoms with van der Waals surface area (Å²) in [4.78, 5) is 10.2. The van der Waals surface area contributed by atoms with Gasteiger partial charge in [0.1, 0.15) is 0 Å². The molecule has 0 rings (SSSR count). The third kappa shape index (κ3) is 19.1. The molecule has 0 amide bonds. The summed E-state index contributed by atoms with van der Waals surface area (Å²) in [6, 6.07) is 0. The molecule has 20 heavy (non-hydrogen) atoms. The summed E-state index contributed by atoms with van der Waals surface area (Å²) in [6.07, 6.45) is 15.4. The predicted octanol–water partition coefficient (Wildman–Crippen LogP) is 1.47. The molecule has 0 heterocycles. The maximum Gasteiger partial charge on any atom is 1.00 e. The van der Waals surface area contributed by atoms with Crippen molar-refractivity contribution in [3.63, 3.8) is 0 Å². The minimum absolute atomic E-state index is 0. The smallest absolute Gasteiger partial charge is 0.550 e. The molecule has 0 spiro atoms. The second-order valence-electron chi connectivity index (χ2n) is 5.99. The Balaban J connectivity index is 0. The normalized spacial score (nSPS) is 11.9. The Kier molecular flexibility index (Phi) is 21.2. The molecule has 3 heteroatoms. The molecular formula is C17H33KO2. The molecule has 1 unspecified atom stereocenters. The van der Waals surface area contributed by atoms with Gasteiger partial charge in [-0.25, -0.2) is 0 Å². The zero-order chi connectivity index (χ0) is 14.3. The Hall–Kier alpha value is 1.11. The third-order valence-electron chi connectivity index (χ3n) is 3.88. The Morgan fingerprint density at radius 3 is 1.80 bits per heavy atom. The van der Waals surface area contributed by atoms with Crippen LogP contribution in [0.25, 0.3) is 0 Å². The van der Waals surface area contributed by atoms with Crippen LogP contribution in [-0.4, -0.2) is 5.97 Å². The second-order valence-corrected chi connectivity index (χ2v) is 5.99. The Morgan fingerprint density at radius 2 is 1.30 bits per heavy atom. The van der Waals surface area contributed by atoms with Crippen LogP contribution in [0.2, 0.25) is 0 Å². The summed E-state index contributed by atoms with van der Waals surface area (Å²) in [5.41, 5.74) is 0. The van der Waals surface area contributed by atoms with Crippen molar-refractivity contribution >= 4 is 5.97 Å². The van der Waals surface area contributed by atoms with Crippen LogP contribution in [0, 0.1) is 5.92 Å². The first-order valence-corrected chi connectivity index (χ1v) is 8.36. The van der Waals surface area contributed by atoms with Gasteiger partial charge >= 0.3 is 51.4 Å². The predicted molar refractivity (Wildman–Crippen MR) is 79.9 cm³/mol. The maximum atomic E-state index is 10.2. The number of carbonyl (C=O) groups is 1. The summed E-state index contributed by atoms with van der Waals surface area (Å²) in [5.74, 6) is -0.0214. The van der Waals surface area contributed by atoms with Crippen LogP contribution in [0.3, 0.4) is 0 Å². The summed E-state index contributed by atoms with van der Waals surface area (Å²) in [6.45, 7) is 4.64. The van der Waals surface area contributed by atoms with Crippen LogP contribution >= 0.6 is 0 Å². The molecule has 0 bridgehead atoms. The fourth-order valence-corrected chi connectivity index (χ4v) is 2.53. The van der Waals surface area contributed by atoms with E-state index in [0.717, 1.165) is 18.8 Å². The van der Waals surface area contributed by atoms with Gasteiger partial charge in [-0.15, -0.1) is 0 Å². The summed E-state index contributed by atoms with van der Waals surface area (Å²) >= 11 is 0. The Labute approximate surface area is 168 Å². The number of carboxylic acids is 1. The summed E-state index contributed by atoms with van der Waals surface area (Å²) < 4.78 is 0. The molecule has 1 atom stereocenters. The Bertz CT molecular complexity index is 207. The van der Waals surface area contributed by atoms with Gasteiger partial charge in [-0.2, -0.15) is 0 Å². The molecule has 114 valence electrons. The first-order valence-electron chi connectivity index (χ1n) is 8.36. The van der Waals surface area contributed by atoms with E-state index in [1.165, 1.54) is 64.2 Å². The zero-order valence-corrected chi connectivity index (χ0v) is 17.2. The molecule has 0 radical (unpaired) electrons. The van der Waals surface area contributed by atoms with E-state index in [0.29, 0.717) is 0 Å². The monoisotopic (exact) mass is 308 g/mol. The SMILES string of the molecule is CCCCCCC(C)CCCCCCCCC(=O)[O-].[K+]. The van der Waals surface area contributed by atoms with Gasteiger partial charge in [0.2, 0.25) is 0 Å².